The standard InChI is InChI=1S/C14H24N2O3/c17-14(18)11-7-3-6-10(8-11)12-15-13(19-16-12)9-4-1-2-5-9/h9-13,15-16H,1-8H2,(H,17,18). The number of carbonyl (C=O) groups is 1. The van der Waals surface area contributed by atoms with Crippen LogP contribution in [0.4, 0.5) is 0 Å². The lowest BCUT2D eigenvalue weighted by molar-refractivity contribution is -0.143. The SMILES string of the molecule is O=C(O)C1CCCC(C2NOC(C3CCCC3)N2)C1. The van der Waals surface area contributed by atoms with Crippen LogP contribution in [-0.4, -0.2) is 23.5 Å². The number of hydroxylamine groups is 1. The van der Waals surface area contributed by atoms with E-state index in [1.165, 1.54) is 25.7 Å². The van der Waals surface area contributed by atoms with Gasteiger partial charge in [-0.25, -0.2) is 0 Å². The first-order valence-corrected chi connectivity index (χ1v) is 7.64. The molecule has 2 aliphatic carbocycles. The summed E-state index contributed by atoms with van der Waals surface area (Å²) in [5.41, 5.74) is 3.11. The van der Waals surface area contributed by atoms with E-state index >= 15 is 0 Å². The van der Waals surface area contributed by atoms with Gasteiger partial charge < -0.3 is 5.11 Å². The van der Waals surface area contributed by atoms with E-state index in [0.717, 1.165) is 25.7 Å². The first-order chi connectivity index (χ1) is 9.24. The molecule has 4 unspecified atom stereocenters. The van der Waals surface area contributed by atoms with Gasteiger partial charge in [0.1, 0.15) is 6.23 Å². The molecule has 3 N–H and O–H groups in total. The summed E-state index contributed by atoms with van der Waals surface area (Å²) in [4.78, 5) is 16.8. The topological polar surface area (TPSA) is 70.6 Å². The predicted octanol–water partition coefficient (Wildman–Crippen LogP) is 1.84. The van der Waals surface area contributed by atoms with E-state index in [2.05, 4.69) is 10.8 Å². The summed E-state index contributed by atoms with van der Waals surface area (Å²) >= 11 is 0. The Balaban J connectivity index is 1.53. The van der Waals surface area contributed by atoms with Gasteiger partial charge in [0.05, 0.1) is 12.1 Å². The van der Waals surface area contributed by atoms with Crippen molar-refractivity contribution < 1.29 is 14.7 Å². The van der Waals surface area contributed by atoms with Gasteiger partial charge >= 0.3 is 5.97 Å². The van der Waals surface area contributed by atoms with Crippen molar-refractivity contribution >= 4 is 5.97 Å². The molecular formula is C14H24N2O3. The molecule has 0 aromatic heterocycles. The van der Waals surface area contributed by atoms with Gasteiger partial charge in [0.2, 0.25) is 0 Å². The molecule has 5 nitrogen and oxygen atoms in total. The Kier molecular flexibility index (Phi) is 4.05. The summed E-state index contributed by atoms with van der Waals surface area (Å²) in [7, 11) is 0. The van der Waals surface area contributed by atoms with Gasteiger partial charge in [-0.15, -0.1) is 0 Å². The maximum absolute atomic E-state index is 11.1. The summed E-state index contributed by atoms with van der Waals surface area (Å²) in [6, 6.07) is 0. The normalized spacial score (nSPS) is 40.6. The molecule has 0 radical (unpaired) electrons. The highest BCUT2D eigenvalue weighted by atomic mass is 16.7. The van der Waals surface area contributed by atoms with Gasteiger partial charge in [-0.2, -0.15) is 5.48 Å². The number of nitrogens with one attached hydrogen (secondary N) is 2. The molecule has 0 aromatic rings. The number of hydrogen-bond acceptors (Lipinski definition) is 4. The Morgan fingerprint density at radius 3 is 2.53 bits per heavy atom. The van der Waals surface area contributed by atoms with Gasteiger partial charge in [0, 0.05) is 5.92 Å². The fraction of sp³-hybridized carbons (Fsp3) is 0.929. The van der Waals surface area contributed by atoms with Crippen LogP contribution in [0.5, 0.6) is 0 Å². The second-order valence-electron chi connectivity index (χ2n) is 6.31. The van der Waals surface area contributed by atoms with Crippen LogP contribution in [-0.2, 0) is 9.63 Å². The van der Waals surface area contributed by atoms with E-state index < -0.39 is 5.97 Å². The van der Waals surface area contributed by atoms with Crippen LogP contribution in [0.15, 0.2) is 0 Å². The summed E-state index contributed by atoms with van der Waals surface area (Å²) < 4.78 is 0. The van der Waals surface area contributed by atoms with E-state index in [-0.39, 0.29) is 18.3 Å². The zero-order valence-electron chi connectivity index (χ0n) is 11.3. The van der Waals surface area contributed by atoms with Crippen LogP contribution in [0.25, 0.3) is 0 Å². The first-order valence-electron chi connectivity index (χ1n) is 7.64. The molecule has 5 heteroatoms. The molecule has 0 amide bonds. The molecule has 0 bridgehead atoms. The van der Waals surface area contributed by atoms with Crippen LogP contribution < -0.4 is 10.8 Å². The fourth-order valence-corrected chi connectivity index (χ4v) is 3.87. The second kappa shape index (κ2) is 5.77. The molecule has 19 heavy (non-hydrogen) atoms. The quantitative estimate of drug-likeness (QED) is 0.728. The van der Waals surface area contributed by atoms with Crippen molar-refractivity contribution in [2.24, 2.45) is 17.8 Å². The Hall–Kier alpha value is -0.650. The molecule has 2 saturated carbocycles. The number of carboxylic acid groups (broad SMARTS) is 1. The number of carboxylic acids is 1. The van der Waals surface area contributed by atoms with Gasteiger partial charge in [0.25, 0.3) is 0 Å². The maximum Gasteiger partial charge on any atom is 0.306 e. The third kappa shape index (κ3) is 2.93. The molecule has 1 saturated heterocycles. The fourth-order valence-electron chi connectivity index (χ4n) is 3.87. The van der Waals surface area contributed by atoms with Gasteiger partial charge in [-0.05, 0) is 38.0 Å². The van der Waals surface area contributed by atoms with E-state index in [1.54, 1.807) is 0 Å². The number of hydrogen-bond donors (Lipinski definition) is 3. The lowest BCUT2D eigenvalue weighted by Crippen LogP contribution is -2.44. The Morgan fingerprint density at radius 2 is 1.79 bits per heavy atom. The second-order valence-corrected chi connectivity index (χ2v) is 6.31. The average molecular weight is 268 g/mol. The Morgan fingerprint density at radius 1 is 1.05 bits per heavy atom. The third-order valence-electron chi connectivity index (χ3n) is 5.03. The Bertz CT molecular complexity index is 331. The zero-order valence-corrected chi connectivity index (χ0v) is 11.3. The molecule has 4 atom stereocenters. The Labute approximate surface area is 114 Å². The van der Waals surface area contributed by atoms with E-state index in [4.69, 9.17) is 9.94 Å². The number of rotatable bonds is 3. The molecule has 3 fully saturated rings. The summed E-state index contributed by atoms with van der Waals surface area (Å²) in [6.07, 6.45) is 9.05. The minimum absolute atomic E-state index is 0.123. The molecule has 0 spiro atoms. The van der Waals surface area contributed by atoms with E-state index in [0.29, 0.717) is 11.8 Å². The summed E-state index contributed by atoms with van der Waals surface area (Å²) in [5.74, 6) is 0.182. The van der Waals surface area contributed by atoms with E-state index in [9.17, 15) is 4.79 Å². The molecule has 1 aliphatic heterocycles. The van der Waals surface area contributed by atoms with Crippen LogP contribution in [0, 0.1) is 17.8 Å². The van der Waals surface area contributed by atoms with Crippen LogP contribution >= 0.6 is 0 Å². The largest absolute Gasteiger partial charge is 0.481 e. The van der Waals surface area contributed by atoms with Crippen molar-refractivity contribution in [2.75, 3.05) is 0 Å². The molecule has 1 heterocycles. The van der Waals surface area contributed by atoms with Gasteiger partial charge in [-0.1, -0.05) is 19.3 Å². The lowest BCUT2D eigenvalue weighted by Gasteiger charge is -2.30. The summed E-state index contributed by atoms with van der Waals surface area (Å²) in [5, 5.41) is 12.7. The first kappa shape index (κ1) is 13.3. The molecule has 3 rings (SSSR count). The maximum atomic E-state index is 11.1. The summed E-state index contributed by atoms with van der Waals surface area (Å²) in [6.45, 7) is 0. The van der Waals surface area contributed by atoms with Crippen molar-refractivity contribution in [2.45, 2.75) is 63.8 Å². The highest BCUT2D eigenvalue weighted by Crippen LogP contribution is 2.34. The third-order valence-corrected chi connectivity index (χ3v) is 5.03. The van der Waals surface area contributed by atoms with Gasteiger partial charge in [-0.3, -0.25) is 14.9 Å². The highest BCUT2D eigenvalue weighted by Gasteiger charge is 2.39. The minimum atomic E-state index is -0.643. The molecule has 108 valence electrons. The van der Waals surface area contributed by atoms with Crippen LogP contribution in [0.2, 0.25) is 0 Å². The monoisotopic (exact) mass is 268 g/mol. The van der Waals surface area contributed by atoms with Gasteiger partial charge in [0.15, 0.2) is 0 Å². The average Bonchev–Trinajstić information content (AvgIpc) is 3.09. The van der Waals surface area contributed by atoms with Crippen molar-refractivity contribution in [3.63, 3.8) is 0 Å². The van der Waals surface area contributed by atoms with Crippen LogP contribution in [0.3, 0.4) is 0 Å². The molecule has 3 aliphatic rings. The van der Waals surface area contributed by atoms with Crippen molar-refractivity contribution in [1.29, 1.82) is 0 Å². The molecular weight excluding hydrogens is 244 g/mol. The van der Waals surface area contributed by atoms with Crippen LogP contribution in [0.1, 0.15) is 51.4 Å². The smallest absolute Gasteiger partial charge is 0.306 e. The zero-order chi connectivity index (χ0) is 13.2. The van der Waals surface area contributed by atoms with Crippen molar-refractivity contribution in [3.05, 3.63) is 0 Å². The lowest BCUT2D eigenvalue weighted by atomic mass is 9.80. The number of aliphatic carboxylic acids is 1. The predicted molar refractivity (Wildman–Crippen MR) is 70.0 cm³/mol. The highest BCUT2D eigenvalue weighted by molar-refractivity contribution is 5.70. The minimum Gasteiger partial charge on any atom is -0.481 e. The van der Waals surface area contributed by atoms with Crippen molar-refractivity contribution in [3.8, 4) is 0 Å². The molecule has 0 aromatic carbocycles. The van der Waals surface area contributed by atoms with E-state index in [1.807, 2.05) is 0 Å². The van der Waals surface area contributed by atoms with Crippen molar-refractivity contribution in [1.82, 2.24) is 10.8 Å².